The SMILES string of the molecule is Cc1ccc(C(=O)NCc2cc3nc(-c4cccc(N5C6CCC5COC6)n4)ccc3cn2)cc1S(C)(=O)=O. The predicted molar refractivity (Wildman–Crippen MR) is 148 cm³/mol. The summed E-state index contributed by atoms with van der Waals surface area (Å²) in [6.45, 7) is 3.37. The quantitative estimate of drug-likeness (QED) is 0.392. The molecule has 0 saturated carbocycles. The average Bonchev–Trinajstić information content (AvgIpc) is 3.18. The summed E-state index contributed by atoms with van der Waals surface area (Å²) in [5, 5.41) is 3.71. The van der Waals surface area contributed by atoms with Gasteiger partial charge in [-0.25, -0.2) is 18.4 Å². The van der Waals surface area contributed by atoms with E-state index in [1.165, 1.54) is 6.07 Å². The summed E-state index contributed by atoms with van der Waals surface area (Å²) in [6.07, 6.45) is 5.12. The molecule has 10 heteroatoms. The van der Waals surface area contributed by atoms with Crippen LogP contribution in [0.25, 0.3) is 22.3 Å². The molecule has 9 nitrogen and oxygen atoms in total. The largest absolute Gasteiger partial charge is 0.377 e. The van der Waals surface area contributed by atoms with Crippen LogP contribution in [0.1, 0.15) is 34.5 Å². The third-order valence-electron chi connectivity index (χ3n) is 7.41. The molecular formula is C29H29N5O4S. The number of carbonyl (C=O) groups excluding carboxylic acids is 1. The van der Waals surface area contributed by atoms with Crippen LogP contribution < -0.4 is 10.2 Å². The summed E-state index contributed by atoms with van der Waals surface area (Å²) in [5.74, 6) is 0.583. The number of sulfone groups is 1. The minimum atomic E-state index is -3.43. The van der Waals surface area contributed by atoms with Crippen molar-refractivity contribution in [1.29, 1.82) is 0 Å². The Morgan fingerprint density at radius 2 is 1.79 bits per heavy atom. The second kappa shape index (κ2) is 10.0. The van der Waals surface area contributed by atoms with E-state index in [1.54, 1.807) is 25.3 Å². The van der Waals surface area contributed by atoms with Crippen molar-refractivity contribution < 1.29 is 17.9 Å². The molecule has 2 aliphatic rings. The monoisotopic (exact) mass is 543 g/mol. The van der Waals surface area contributed by atoms with Crippen LogP contribution in [-0.2, 0) is 21.1 Å². The molecule has 39 heavy (non-hydrogen) atoms. The number of amides is 1. The molecule has 1 amide bonds. The van der Waals surface area contributed by atoms with E-state index in [2.05, 4.69) is 21.3 Å². The highest BCUT2D eigenvalue weighted by Gasteiger charge is 2.38. The van der Waals surface area contributed by atoms with E-state index in [-0.39, 0.29) is 22.9 Å². The number of carbonyl (C=O) groups is 1. The fourth-order valence-electron chi connectivity index (χ4n) is 5.42. The number of fused-ring (bicyclic) bond motifs is 3. The van der Waals surface area contributed by atoms with Crippen molar-refractivity contribution in [2.24, 2.45) is 0 Å². The highest BCUT2D eigenvalue weighted by molar-refractivity contribution is 7.90. The maximum atomic E-state index is 12.8. The number of hydrogen-bond acceptors (Lipinski definition) is 8. The minimum absolute atomic E-state index is 0.148. The molecule has 2 unspecified atom stereocenters. The zero-order chi connectivity index (χ0) is 27.1. The number of rotatable bonds is 6. The number of ether oxygens (including phenoxy) is 1. The lowest BCUT2D eigenvalue weighted by atomic mass is 10.1. The van der Waals surface area contributed by atoms with Gasteiger partial charge in [0.25, 0.3) is 5.91 Å². The van der Waals surface area contributed by atoms with Gasteiger partial charge in [-0.15, -0.1) is 0 Å². The maximum Gasteiger partial charge on any atom is 0.251 e. The number of anilines is 1. The van der Waals surface area contributed by atoms with Crippen molar-refractivity contribution in [2.75, 3.05) is 24.4 Å². The van der Waals surface area contributed by atoms with Crippen LogP contribution in [0, 0.1) is 6.92 Å². The zero-order valence-corrected chi connectivity index (χ0v) is 22.6. The molecule has 2 saturated heterocycles. The number of benzene rings is 1. The van der Waals surface area contributed by atoms with Gasteiger partial charge in [-0.3, -0.25) is 9.78 Å². The Morgan fingerprint density at radius 1 is 1.03 bits per heavy atom. The van der Waals surface area contributed by atoms with Gasteiger partial charge in [0.05, 0.1) is 59.3 Å². The summed E-state index contributed by atoms with van der Waals surface area (Å²) in [6, 6.07) is 17.2. The standard InChI is InChI=1S/C29H29N5O4S/c1-18-6-7-19(12-27(18)39(2,36)37)29(35)31-15-21-13-26-20(14-30-21)8-11-25(32-26)24-4-3-5-28(33-24)34-22-9-10-23(34)17-38-16-22/h3-8,11-14,22-23H,9-10,15-17H2,1-2H3,(H,31,35). The Labute approximate surface area is 227 Å². The number of aryl methyl sites for hydroxylation is 1. The molecule has 2 bridgehead atoms. The van der Waals surface area contributed by atoms with E-state index < -0.39 is 9.84 Å². The van der Waals surface area contributed by atoms with E-state index >= 15 is 0 Å². The number of hydrogen-bond donors (Lipinski definition) is 1. The van der Waals surface area contributed by atoms with Crippen LogP contribution >= 0.6 is 0 Å². The van der Waals surface area contributed by atoms with Gasteiger partial charge in [-0.1, -0.05) is 12.1 Å². The van der Waals surface area contributed by atoms with Crippen molar-refractivity contribution in [3.63, 3.8) is 0 Å². The highest BCUT2D eigenvalue weighted by atomic mass is 32.2. The van der Waals surface area contributed by atoms with Crippen LogP contribution in [0.2, 0.25) is 0 Å². The first kappa shape index (κ1) is 25.4. The molecule has 5 heterocycles. The van der Waals surface area contributed by atoms with E-state index in [0.29, 0.717) is 23.3 Å². The van der Waals surface area contributed by atoms with Crippen molar-refractivity contribution in [2.45, 2.75) is 43.3 Å². The smallest absolute Gasteiger partial charge is 0.251 e. The lowest BCUT2D eigenvalue weighted by Gasteiger charge is -2.35. The molecule has 0 radical (unpaired) electrons. The minimum Gasteiger partial charge on any atom is -0.377 e. The molecule has 0 spiro atoms. The molecule has 2 fully saturated rings. The Hall–Kier alpha value is -3.89. The van der Waals surface area contributed by atoms with Crippen molar-refractivity contribution in [1.82, 2.24) is 20.3 Å². The molecule has 2 atom stereocenters. The second-order valence-electron chi connectivity index (χ2n) is 10.2. The van der Waals surface area contributed by atoms with E-state index in [1.807, 2.05) is 30.3 Å². The summed E-state index contributed by atoms with van der Waals surface area (Å²) < 4.78 is 29.8. The van der Waals surface area contributed by atoms with Crippen molar-refractivity contribution in [3.05, 3.63) is 77.6 Å². The van der Waals surface area contributed by atoms with Gasteiger partial charge in [0, 0.05) is 23.4 Å². The first-order valence-corrected chi connectivity index (χ1v) is 14.8. The van der Waals surface area contributed by atoms with E-state index in [9.17, 15) is 13.2 Å². The molecule has 1 aromatic carbocycles. The molecule has 6 rings (SSSR count). The average molecular weight is 544 g/mol. The second-order valence-corrected chi connectivity index (χ2v) is 12.2. The van der Waals surface area contributed by atoms with Crippen LogP contribution in [-0.4, -0.2) is 60.8 Å². The molecule has 0 aliphatic carbocycles. The summed E-state index contributed by atoms with van der Waals surface area (Å²) in [7, 11) is -3.43. The van der Waals surface area contributed by atoms with Gasteiger partial charge in [0.15, 0.2) is 9.84 Å². The number of aromatic nitrogens is 3. The lowest BCUT2D eigenvalue weighted by Crippen LogP contribution is -2.46. The third kappa shape index (κ3) is 5.09. The normalized spacial score (nSPS) is 18.9. The number of nitrogens with zero attached hydrogens (tertiary/aromatic N) is 4. The van der Waals surface area contributed by atoms with E-state index in [4.69, 9.17) is 14.7 Å². The Balaban J connectivity index is 1.21. The maximum absolute atomic E-state index is 12.8. The van der Waals surface area contributed by atoms with Gasteiger partial charge in [0.2, 0.25) is 0 Å². The molecule has 1 N–H and O–H groups in total. The first-order valence-electron chi connectivity index (χ1n) is 12.9. The Morgan fingerprint density at radius 3 is 2.56 bits per heavy atom. The van der Waals surface area contributed by atoms with Gasteiger partial charge >= 0.3 is 0 Å². The van der Waals surface area contributed by atoms with Crippen LogP contribution in [0.3, 0.4) is 0 Å². The van der Waals surface area contributed by atoms with Crippen LogP contribution in [0.5, 0.6) is 0 Å². The molecule has 2 aliphatic heterocycles. The van der Waals surface area contributed by atoms with Crippen LogP contribution in [0.15, 0.2) is 65.7 Å². The Bertz CT molecular complexity index is 1670. The van der Waals surface area contributed by atoms with Gasteiger partial charge in [-0.05, 0) is 67.8 Å². The lowest BCUT2D eigenvalue weighted by molar-refractivity contribution is 0.0902. The van der Waals surface area contributed by atoms with Crippen molar-refractivity contribution >= 4 is 32.5 Å². The number of morpholine rings is 1. The first-order chi connectivity index (χ1) is 18.8. The Kier molecular flexibility index (Phi) is 6.52. The van der Waals surface area contributed by atoms with Crippen molar-refractivity contribution in [3.8, 4) is 11.4 Å². The van der Waals surface area contributed by atoms with Gasteiger partial charge in [-0.2, -0.15) is 0 Å². The molecule has 4 aromatic rings. The molecule has 3 aromatic heterocycles. The number of nitrogens with one attached hydrogen (secondary N) is 1. The highest BCUT2D eigenvalue weighted by Crippen LogP contribution is 2.33. The van der Waals surface area contributed by atoms with Gasteiger partial charge in [0.1, 0.15) is 5.82 Å². The van der Waals surface area contributed by atoms with Crippen LogP contribution in [0.4, 0.5) is 5.82 Å². The predicted octanol–water partition coefficient (Wildman–Crippen LogP) is 3.70. The zero-order valence-electron chi connectivity index (χ0n) is 21.8. The van der Waals surface area contributed by atoms with Gasteiger partial charge < -0.3 is 15.0 Å². The third-order valence-corrected chi connectivity index (χ3v) is 8.65. The fourth-order valence-corrected chi connectivity index (χ4v) is 6.42. The molecular weight excluding hydrogens is 514 g/mol. The number of pyridine rings is 3. The fraction of sp³-hybridized carbons (Fsp3) is 0.310. The summed E-state index contributed by atoms with van der Waals surface area (Å²) in [4.78, 5) is 29.6. The summed E-state index contributed by atoms with van der Waals surface area (Å²) >= 11 is 0. The summed E-state index contributed by atoms with van der Waals surface area (Å²) in [5.41, 5.74) is 3.83. The molecule has 200 valence electrons. The van der Waals surface area contributed by atoms with E-state index in [0.717, 1.165) is 60.4 Å². The topological polar surface area (TPSA) is 114 Å².